The minimum atomic E-state index is -3.21. The largest absolute Gasteiger partial charge is 0.341 e. The van der Waals surface area contributed by atoms with E-state index >= 15 is 0 Å². The summed E-state index contributed by atoms with van der Waals surface area (Å²) in [5, 5.41) is 0.126. The van der Waals surface area contributed by atoms with E-state index in [1.807, 2.05) is 30.3 Å². The van der Waals surface area contributed by atoms with E-state index in [1.165, 1.54) is 25.7 Å². The second kappa shape index (κ2) is 7.91. The third-order valence-corrected chi connectivity index (χ3v) is 8.49. The quantitative estimate of drug-likeness (QED) is 0.821. The summed E-state index contributed by atoms with van der Waals surface area (Å²) in [5.74, 6) is 0.642. The number of carbonyl (C=O) groups excluding carboxylic acids is 1. The Morgan fingerprint density at radius 3 is 2.50 bits per heavy atom. The number of benzene rings is 1. The van der Waals surface area contributed by atoms with Crippen LogP contribution < -0.4 is 0 Å². The van der Waals surface area contributed by atoms with E-state index in [0.717, 1.165) is 5.56 Å². The molecule has 2 fully saturated rings. The van der Waals surface area contributed by atoms with Crippen molar-refractivity contribution in [3.63, 3.8) is 0 Å². The van der Waals surface area contributed by atoms with Gasteiger partial charge in [0.25, 0.3) is 0 Å². The van der Waals surface area contributed by atoms with Crippen LogP contribution in [0.3, 0.4) is 0 Å². The van der Waals surface area contributed by atoms with E-state index in [2.05, 4.69) is 0 Å². The molecule has 1 atom stereocenters. The van der Waals surface area contributed by atoms with Gasteiger partial charge in [0.1, 0.15) is 0 Å². The van der Waals surface area contributed by atoms with E-state index < -0.39 is 15.1 Å². The van der Waals surface area contributed by atoms with Gasteiger partial charge in [0, 0.05) is 18.3 Å². The molecule has 1 aliphatic carbocycles. The average molecular weight is 368 g/mol. The molecule has 2 aliphatic rings. The molecule has 0 spiro atoms. The van der Waals surface area contributed by atoms with Crippen LogP contribution in [0, 0.1) is 0 Å². The summed E-state index contributed by atoms with van der Waals surface area (Å²) in [5.41, 5.74) is 0.840. The maximum Gasteiger partial charge on any atom is 0.232 e. The first kappa shape index (κ1) is 17.8. The van der Waals surface area contributed by atoms with Crippen molar-refractivity contribution in [2.75, 3.05) is 24.6 Å². The second-order valence-electron chi connectivity index (χ2n) is 6.65. The smallest absolute Gasteiger partial charge is 0.232 e. The van der Waals surface area contributed by atoms with Crippen LogP contribution in [0.1, 0.15) is 42.9 Å². The highest BCUT2D eigenvalue weighted by Gasteiger charge is 2.32. The van der Waals surface area contributed by atoms with Gasteiger partial charge >= 0.3 is 0 Å². The Morgan fingerprint density at radius 2 is 1.79 bits per heavy atom. The first-order valence-electron chi connectivity index (χ1n) is 8.72. The number of carbonyl (C=O) groups is 1. The van der Waals surface area contributed by atoms with Crippen LogP contribution in [0.15, 0.2) is 30.3 Å². The standard InChI is InChI=1S/C18H25NO3S2/c20-18(14-23-16-8-4-5-9-16)19-11-10-17(24(21,22)13-12-19)15-6-2-1-3-7-15/h1-3,6-7,16-17H,4-5,8-14H2. The lowest BCUT2D eigenvalue weighted by Gasteiger charge is -2.20. The molecule has 1 saturated heterocycles. The minimum absolute atomic E-state index is 0.0619. The Hall–Kier alpha value is -1.01. The normalized spacial score (nSPS) is 24.7. The highest BCUT2D eigenvalue weighted by Crippen LogP contribution is 2.31. The van der Waals surface area contributed by atoms with Crippen molar-refractivity contribution in [1.82, 2.24) is 4.90 Å². The third kappa shape index (κ3) is 4.33. The highest BCUT2D eigenvalue weighted by atomic mass is 32.2. The van der Waals surface area contributed by atoms with E-state index in [9.17, 15) is 13.2 Å². The van der Waals surface area contributed by atoms with E-state index in [-0.39, 0.29) is 11.7 Å². The van der Waals surface area contributed by atoms with E-state index in [0.29, 0.717) is 30.5 Å². The van der Waals surface area contributed by atoms with Gasteiger partial charge in [0.15, 0.2) is 9.84 Å². The van der Waals surface area contributed by atoms with E-state index in [1.54, 1.807) is 16.7 Å². The second-order valence-corrected chi connectivity index (χ2v) is 10.2. The molecule has 4 nitrogen and oxygen atoms in total. The molecule has 3 rings (SSSR count). The monoisotopic (exact) mass is 367 g/mol. The lowest BCUT2D eigenvalue weighted by atomic mass is 10.1. The van der Waals surface area contributed by atoms with Gasteiger partial charge < -0.3 is 4.90 Å². The van der Waals surface area contributed by atoms with E-state index in [4.69, 9.17) is 0 Å². The maximum absolute atomic E-state index is 12.6. The molecule has 1 heterocycles. The highest BCUT2D eigenvalue weighted by molar-refractivity contribution is 8.00. The molecule has 0 N–H and O–H groups in total. The van der Waals surface area contributed by atoms with Gasteiger partial charge in [0.2, 0.25) is 5.91 Å². The number of hydrogen-bond donors (Lipinski definition) is 0. The summed E-state index contributed by atoms with van der Waals surface area (Å²) in [4.78, 5) is 14.2. The summed E-state index contributed by atoms with van der Waals surface area (Å²) in [7, 11) is -3.21. The molecule has 1 saturated carbocycles. The van der Waals surface area contributed by atoms with Gasteiger partial charge in [-0.1, -0.05) is 43.2 Å². The number of sulfone groups is 1. The summed E-state index contributed by atoms with van der Waals surface area (Å²) >= 11 is 1.75. The fourth-order valence-electron chi connectivity index (χ4n) is 3.57. The van der Waals surface area contributed by atoms with Crippen molar-refractivity contribution in [3.05, 3.63) is 35.9 Å². The lowest BCUT2D eigenvalue weighted by Crippen LogP contribution is -2.35. The molecule has 1 aromatic carbocycles. The SMILES string of the molecule is O=C(CSC1CCCC1)N1CCC(c2ccccc2)S(=O)(=O)CC1. The van der Waals surface area contributed by atoms with Crippen molar-refractivity contribution >= 4 is 27.5 Å². The van der Waals surface area contributed by atoms with Crippen molar-refractivity contribution in [2.45, 2.75) is 42.6 Å². The first-order valence-corrected chi connectivity index (χ1v) is 11.5. The summed E-state index contributed by atoms with van der Waals surface area (Å²) in [6.45, 7) is 0.860. The van der Waals surface area contributed by atoms with Crippen LogP contribution >= 0.6 is 11.8 Å². The number of thioether (sulfide) groups is 1. The number of rotatable bonds is 4. The zero-order valence-electron chi connectivity index (χ0n) is 13.9. The van der Waals surface area contributed by atoms with Crippen molar-refractivity contribution < 1.29 is 13.2 Å². The number of nitrogens with zero attached hydrogens (tertiary/aromatic N) is 1. The van der Waals surface area contributed by atoms with Gasteiger partial charge in [0.05, 0.1) is 16.8 Å². The summed E-state index contributed by atoms with van der Waals surface area (Å²) in [6.07, 6.45) is 5.45. The fourth-order valence-corrected chi connectivity index (χ4v) is 6.59. The Morgan fingerprint density at radius 1 is 1.08 bits per heavy atom. The van der Waals surface area contributed by atoms with Crippen molar-refractivity contribution in [2.24, 2.45) is 0 Å². The maximum atomic E-state index is 12.6. The van der Waals surface area contributed by atoms with Gasteiger partial charge in [-0.15, -0.1) is 11.8 Å². The molecule has 1 aliphatic heterocycles. The third-order valence-electron chi connectivity index (χ3n) is 5.01. The van der Waals surface area contributed by atoms with Crippen molar-refractivity contribution in [1.29, 1.82) is 0 Å². The number of hydrogen-bond acceptors (Lipinski definition) is 4. The lowest BCUT2D eigenvalue weighted by molar-refractivity contribution is -0.128. The molecule has 1 unspecified atom stereocenters. The topological polar surface area (TPSA) is 54.5 Å². The summed E-state index contributed by atoms with van der Waals surface area (Å²) < 4.78 is 25.2. The van der Waals surface area contributed by atoms with Gasteiger partial charge in [-0.25, -0.2) is 8.42 Å². The molecular weight excluding hydrogens is 342 g/mol. The predicted molar refractivity (Wildman–Crippen MR) is 98.9 cm³/mol. The molecule has 1 amide bonds. The van der Waals surface area contributed by atoms with Gasteiger partial charge in [-0.05, 0) is 24.8 Å². The van der Waals surface area contributed by atoms with Gasteiger partial charge in [-0.3, -0.25) is 4.79 Å². The Balaban J connectivity index is 1.61. The fraction of sp³-hybridized carbons (Fsp3) is 0.611. The average Bonchev–Trinajstić information content (AvgIpc) is 3.04. The Labute approximate surface area is 148 Å². The molecular formula is C18H25NO3S2. The van der Waals surface area contributed by atoms with Crippen LogP contribution in [-0.4, -0.2) is 49.1 Å². The minimum Gasteiger partial charge on any atom is -0.341 e. The van der Waals surface area contributed by atoms with Gasteiger partial charge in [-0.2, -0.15) is 0 Å². The molecule has 132 valence electrons. The van der Waals surface area contributed by atoms with Crippen LogP contribution in [0.4, 0.5) is 0 Å². The first-order chi connectivity index (χ1) is 11.6. The molecule has 0 aromatic heterocycles. The van der Waals surface area contributed by atoms with Crippen LogP contribution in [0.2, 0.25) is 0 Å². The summed E-state index contributed by atoms with van der Waals surface area (Å²) in [6, 6.07) is 9.38. The van der Waals surface area contributed by atoms with Crippen LogP contribution in [0.25, 0.3) is 0 Å². The Bertz CT molecular complexity index is 654. The number of amides is 1. The molecule has 0 radical (unpaired) electrons. The van der Waals surface area contributed by atoms with Crippen molar-refractivity contribution in [3.8, 4) is 0 Å². The molecule has 24 heavy (non-hydrogen) atoms. The zero-order chi connectivity index (χ0) is 17.0. The zero-order valence-corrected chi connectivity index (χ0v) is 15.5. The molecule has 0 bridgehead atoms. The molecule has 6 heteroatoms. The molecule has 1 aromatic rings. The Kier molecular flexibility index (Phi) is 5.87. The van der Waals surface area contributed by atoms with Crippen LogP contribution in [0.5, 0.6) is 0 Å². The predicted octanol–water partition coefficient (Wildman–Crippen LogP) is 3.05. The van der Waals surface area contributed by atoms with Crippen LogP contribution in [-0.2, 0) is 14.6 Å².